The molecule has 0 unspecified atom stereocenters. The molecule has 174 valence electrons. The summed E-state index contributed by atoms with van der Waals surface area (Å²) in [5, 5.41) is 4.35. The second-order valence-corrected chi connectivity index (χ2v) is 8.00. The van der Waals surface area contributed by atoms with E-state index in [0.717, 1.165) is 66.2 Å². The lowest BCUT2D eigenvalue weighted by Gasteiger charge is -2.34. The minimum atomic E-state index is -0.221. The number of oxime groups is 1. The topological polar surface area (TPSA) is 88.5 Å². The van der Waals surface area contributed by atoms with Crippen molar-refractivity contribution in [3.05, 3.63) is 65.9 Å². The van der Waals surface area contributed by atoms with Gasteiger partial charge in [0.05, 0.1) is 12.4 Å². The summed E-state index contributed by atoms with van der Waals surface area (Å²) in [7, 11) is 2.07. The maximum atomic E-state index is 12.8. The third-order valence-corrected chi connectivity index (χ3v) is 5.45. The van der Waals surface area contributed by atoms with Crippen molar-refractivity contribution < 1.29 is 9.23 Å². The van der Waals surface area contributed by atoms with Crippen LogP contribution in [-0.2, 0) is 4.84 Å². The van der Waals surface area contributed by atoms with E-state index in [-0.39, 0.29) is 18.6 Å². The van der Waals surface area contributed by atoms with Crippen LogP contribution in [0.1, 0.15) is 26.2 Å². The lowest BCUT2D eigenvalue weighted by Crippen LogP contribution is -2.49. The van der Waals surface area contributed by atoms with Gasteiger partial charge in [0.15, 0.2) is 6.10 Å². The third-order valence-electron chi connectivity index (χ3n) is 5.45. The van der Waals surface area contributed by atoms with Crippen molar-refractivity contribution in [3.63, 3.8) is 0 Å². The molecule has 2 aromatic rings. The molecule has 4 rings (SSSR count). The van der Waals surface area contributed by atoms with Gasteiger partial charge >= 0.3 is 0 Å². The minimum absolute atomic E-state index is 0.197. The van der Waals surface area contributed by atoms with E-state index in [9.17, 15) is 4.39 Å². The minimum Gasteiger partial charge on any atom is -0.390 e. The number of likely N-dealkylation sites (N-methyl/N-ethyl adjacent to an activating group) is 1. The standard InChI is InChI=1S/C14H23N5O.C11H8FN/c1-10(16-2)14-12(17-9-15)5-4-6-13(14)18-20-11-7-19(3)8-11;12-11-5-1-3-9(7-11)10-4-2-6-13-8-10/h11H,2,4-9,15H2,1,3H3;1-8H/b14-10+,17-12-,18-13+;. The summed E-state index contributed by atoms with van der Waals surface area (Å²) in [5.74, 6) is -0.221. The Balaban J connectivity index is 0.000000203. The Labute approximate surface area is 194 Å². The number of nitrogens with zero attached hydrogens (tertiary/aromatic N) is 5. The van der Waals surface area contributed by atoms with Gasteiger partial charge in [-0.15, -0.1) is 0 Å². The molecule has 0 spiro atoms. The fraction of sp³-hybridized carbons (Fsp3) is 0.360. The van der Waals surface area contributed by atoms with E-state index in [1.54, 1.807) is 18.5 Å². The molecule has 33 heavy (non-hydrogen) atoms. The first-order valence-electron chi connectivity index (χ1n) is 11.0. The van der Waals surface area contributed by atoms with Gasteiger partial charge < -0.3 is 10.6 Å². The Bertz CT molecular complexity index is 1030. The number of aromatic nitrogens is 1. The molecule has 0 radical (unpaired) electrons. The zero-order valence-corrected chi connectivity index (χ0v) is 19.2. The predicted octanol–water partition coefficient (Wildman–Crippen LogP) is 4.08. The fourth-order valence-electron chi connectivity index (χ4n) is 3.74. The molecule has 0 amide bonds. The first-order chi connectivity index (χ1) is 16.0. The molecule has 1 aliphatic heterocycles. The highest BCUT2D eigenvalue weighted by molar-refractivity contribution is 6.26. The quantitative estimate of drug-likeness (QED) is 0.549. The number of halogens is 1. The SMILES string of the molecule is C=N/C(C)=C1C(=N/CN)\CCCC\1=N/OC1CN(C)C1.Fc1cccc(-c2cccnc2)c1. The van der Waals surface area contributed by atoms with Gasteiger partial charge in [0.1, 0.15) is 5.82 Å². The number of aliphatic imine (C=N–C) groups is 2. The second-order valence-electron chi connectivity index (χ2n) is 8.00. The van der Waals surface area contributed by atoms with Gasteiger partial charge in [-0.1, -0.05) is 23.4 Å². The maximum Gasteiger partial charge on any atom is 0.152 e. The summed E-state index contributed by atoms with van der Waals surface area (Å²) >= 11 is 0. The van der Waals surface area contributed by atoms with Crippen LogP contribution in [0.2, 0.25) is 0 Å². The lowest BCUT2D eigenvalue weighted by molar-refractivity contribution is -0.0412. The smallest absolute Gasteiger partial charge is 0.152 e. The number of nitrogens with two attached hydrogens (primary N) is 1. The van der Waals surface area contributed by atoms with E-state index in [1.165, 1.54) is 12.1 Å². The van der Waals surface area contributed by atoms with Crippen molar-refractivity contribution in [2.45, 2.75) is 32.3 Å². The number of hydrogen-bond acceptors (Lipinski definition) is 7. The predicted molar refractivity (Wildman–Crippen MR) is 132 cm³/mol. The highest BCUT2D eigenvalue weighted by Crippen LogP contribution is 2.24. The zero-order chi connectivity index (χ0) is 23.6. The van der Waals surface area contributed by atoms with Crippen LogP contribution in [0.5, 0.6) is 0 Å². The van der Waals surface area contributed by atoms with Crippen LogP contribution in [0, 0.1) is 5.82 Å². The average Bonchev–Trinajstić information content (AvgIpc) is 2.82. The van der Waals surface area contributed by atoms with E-state index >= 15 is 0 Å². The summed E-state index contributed by atoms with van der Waals surface area (Å²) in [6.45, 7) is 7.66. The maximum absolute atomic E-state index is 12.8. The van der Waals surface area contributed by atoms with Gasteiger partial charge in [0, 0.05) is 48.0 Å². The van der Waals surface area contributed by atoms with Gasteiger partial charge in [0.2, 0.25) is 0 Å². The molecule has 2 fully saturated rings. The van der Waals surface area contributed by atoms with E-state index in [1.807, 2.05) is 25.1 Å². The summed E-state index contributed by atoms with van der Waals surface area (Å²) < 4.78 is 12.8. The Morgan fingerprint density at radius 3 is 2.61 bits per heavy atom. The summed E-state index contributed by atoms with van der Waals surface area (Å²) in [6.07, 6.45) is 6.42. The normalized spacial score (nSPS) is 20.6. The molecule has 1 saturated heterocycles. The molecule has 8 heteroatoms. The molecular formula is C25H31FN6O. The molecule has 1 saturated carbocycles. The number of likely N-dealkylation sites (tertiary alicyclic amines) is 1. The first kappa shape index (κ1) is 24.4. The van der Waals surface area contributed by atoms with E-state index in [4.69, 9.17) is 10.6 Å². The van der Waals surface area contributed by atoms with Crippen LogP contribution in [0.15, 0.2) is 75.2 Å². The van der Waals surface area contributed by atoms with E-state index < -0.39 is 0 Å². The Kier molecular flexibility index (Phi) is 8.97. The number of allylic oxidation sites excluding steroid dienone is 2. The molecule has 2 heterocycles. The highest BCUT2D eigenvalue weighted by Gasteiger charge is 2.27. The first-order valence-corrected chi connectivity index (χ1v) is 11.0. The largest absolute Gasteiger partial charge is 0.390 e. The lowest BCUT2D eigenvalue weighted by atomic mass is 9.89. The Hall–Kier alpha value is -3.23. The van der Waals surface area contributed by atoms with Gasteiger partial charge in [-0.3, -0.25) is 19.9 Å². The van der Waals surface area contributed by atoms with Crippen molar-refractivity contribution in [1.82, 2.24) is 9.88 Å². The van der Waals surface area contributed by atoms with Crippen molar-refractivity contribution in [2.75, 3.05) is 26.8 Å². The summed E-state index contributed by atoms with van der Waals surface area (Å²) in [5.41, 5.74) is 11.0. The van der Waals surface area contributed by atoms with Crippen LogP contribution in [0.4, 0.5) is 4.39 Å². The van der Waals surface area contributed by atoms with Crippen LogP contribution in [0.3, 0.4) is 0 Å². The molecule has 0 atom stereocenters. The van der Waals surface area contributed by atoms with Crippen LogP contribution < -0.4 is 5.73 Å². The number of rotatable bonds is 5. The molecule has 0 bridgehead atoms. The van der Waals surface area contributed by atoms with Crippen molar-refractivity contribution in [3.8, 4) is 11.1 Å². The Morgan fingerprint density at radius 2 is 1.97 bits per heavy atom. The van der Waals surface area contributed by atoms with Gasteiger partial charge in [0.25, 0.3) is 0 Å². The fourth-order valence-corrected chi connectivity index (χ4v) is 3.74. The van der Waals surface area contributed by atoms with Gasteiger partial charge in [-0.05, 0) is 63.7 Å². The number of benzene rings is 1. The molecular weight excluding hydrogens is 419 g/mol. The Morgan fingerprint density at radius 1 is 1.21 bits per heavy atom. The monoisotopic (exact) mass is 450 g/mol. The van der Waals surface area contributed by atoms with Crippen LogP contribution in [0.25, 0.3) is 11.1 Å². The van der Waals surface area contributed by atoms with Crippen molar-refractivity contribution in [2.24, 2.45) is 20.9 Å². The molecule has 7 nitrogen and oxygen atoms in total. The van der Waals surface area contributed by atoms with E-state index in [2.05, 4.69) is 38.8 Å². The van der Waals surface area contributed by atoms with Crippen LogP contribution in [-0.4, -0.2) is 60.9 Å². The molecule has 1 aromatic heterocycles. The van der Waals surface area contributed by atoms with Gasteiger partial charge in [-0.25, -0.2) is 4.39 Å². The zero-order valence-electron chi connectivity index (χ0n) is 19.2. The summed E-state index contributed by atoms with van der Waals surface area (Å²) in [4.78, 5) is 20.2. The number of pyridine rings is 1. The van der Waals surface area contributed by atoms with E-state index in [0.29, 0.717) is 0 Å². The molecule has 1 aliphatic carbocycles. The second kappa shape index (κ2) is 12.1. The molecule has 2 N–H and O–H groups in total. The number of hydrogen-bond donors (Lipinski definition) is 1. The van der Waals surface area contributed by atoms with Gasteiger partial charge in [-0.2, -0.15) is 0 Å². The third kappa shape index (κ3) is 6.87. The van der Waals surface area contributed by atoms with Crippen LogP contribution >= 0.6 is 0 Å². The molecule has 1 aromatic carbocycles. The van der Waals surface area contributed by atoms with Crippen molar-refractivity contribution in [1.29, 1.82) is 0 Å². The highest BCUT2D eigenvalue weighted by atomic mass is 19.1. The van der Waals surface area contributed by atoms with Crippen molar-refractivity contribution >= 4 is 18.1 Å². The average molecular weight is 451 g/mol. The summed E-state index contributed by atoms with van der Waals surface area (Å²) in [6, 6.07) is 10.2. The molecule has 2 aliphatic rings.